The summed E-state index contributed by atoms with van der Waals surface area (Å²) in [6.07, 6.45) is 3.95. The van der Waals surface area contributed by atoms with E-state index in [2.05, 4.69) is 15.6 Å². The fourth-order valence-electron chi connectivity index (χ4n) is 2.11. The molecule has 1 aromatic heterocycles. The van der Waals surface area contributed by atoms with Gasteiger partial charge in [-0.05, 0) is 36.8 Å². The van der Waals surface area contributed by atoms with Gasteiger partial charge in [0.2, 0.25) is 5.91 Å². The molecule has 0 saturated carbocycles. The summed E-state index contributed by atoms with van der Waals surface area (Å²) in [6, 6.07) is 10.4. The van der Waals surface area contributed by atoms with Crippen LogP contribution < -0.4 is 10.6 Å². The van der Waals surface area contributed by atoms with E-state index in [0.29, 0.717) is 29.2 Å². The number of rotatable bonds is 7. The lowest BCUT2D eigenvalue weighted by molar-refractivity contribution is -0.116. The molecule has 0 spiro atoms. The molecule has 0 unspecified atom stereocenters. The maximum Gasteiger partial charge on any atom is 0.253 e. The summed E-state index contributed by atoms with van der Waals surface area (Å²) in [6.45, 7) is 2.36. The van der Waals surface area contributed by atoms with Gasteiger partial charge in [0, 0.05) is 18.3 Å². The maximum atomic E-state index is 12.2. The van der Waals surface area contributed by atoms with Gasteiger partial charge in [-0.25, -0.2) is 0 Å². The molecule has 2 amide bonds. The lowest BCUT2D eigenvalue weighted by Crippen LogP contribution is -2.23. The van der Waals surface area contributed by atoms with Crippen LogP contribution in [0.4, 0.5) is 5.69 Å². The Balaban J connectivity index is 1.96. The van der Waals surface area contributed by atoms with Crippen LogP contribution >= 0.6 is 11.6 Å². The van der Waals surface area contributed by atoms with Crippen molar-refractivity contribution in [1.29, 1.82) is 0 Å². The maximum absolute atomic E-state index is 12.2. The second-order valence-electron chi connectivity index (χ2n) is 5.35. The third kappa shape index (κ3) is 5.35. The Bertz CT molecular complexity index is 705. The van der Waals surface area contributed by atoms with Gasteiger partial charge in [0.05, 0.1) is 22.8 Å². The SMILES string of the molecule is CCCCC(=O)Nc1ccc(C(=O)NCc2ccccn2)c(Cl)c1. The Hall–Kier alpha value is -2.40. The monoisotopic (exact) mass is 345 g/mol. The number of pyridine rings is 1. The number of carbonyl (C=O) groups is 2. The molecular formula is C18H20ClN3O2. The number of benzene rings is 1. The second-order valence-corrected chi connectivity index (χ2v) is 5.76. The fraction of sp³-hybridized carbons (Fsp3) is 0.278. The van der Waals surface area contributed by atoms with Crippen molar-refractivity contribution in [3.63, 3.8) is 0 Å². The molecule has 0 saturated heterocycles. The minimum atomic E-state index is -0.283. The molecule has 2 rings (SSSR count). The highest BCUT2D eigenvalue weighted by Gasteiger charge is 2.12. The first-order chi connectivity index (χ1) is 11.6. The number of unbranched alkanes of at least 4 members (excludes halogenated alkanes) is 1. The zero-order valence-corrected chi connectivity index (χ0v) is 14.3. The predicted octanol–water partition coefficient (Wildman–Crippen LogP) is 3.79. The fourth-order valence-corrected chi connectivity index (χ4v) is 2.37. The summed E-state index contributed by atoms with van der Waals surface area (Å²) < 4.78 is 0. The van der Waals surface area contributed by atoms with E-state index < -0.39 is 0 Å². The summed E-state index contributed by atoms with van der Waals surface area (Å²) in [5.74, 6) is -0.338. The normalized spacial score (nSPS) is 10.2. The molecule has 5 nitrogen and oxygen atoms in total. The van der Waals surface area contributed by atoms with Crippen LogP contribution in [-0.2, 0) is 11.3 Å². The molecule has 0 radical (unpaired) electrons. The highest BCUT2D eigenvalue weighted by molar-refractivity contribution is 6.34. The van der Waals surface area contributed by atoms with Crippen LogP contribution in [0, 0.1) is 0 Å². The van der Waals surface area contributed by atoms with Crippen LogP contribution in [0.1, 0.15) is 42.2 Å². The van der Waals surface area contributed by atoms with E-state index in [-0.39, 0.29) is 11.8 Å². The Morgan fingerprint density at radius 1 is 1.21 bits per heavy atom. The number of aromatic nitrogens is 1. The summed E-state index contributed by atoms with van der Waals surface area (Å²) in [4.78, 5) is 28.1. The van der Waals surface area contributed by atoms with Crippen LogP contribution in [0.25, 0.3) is 0 Å². The third-order valence-electron chi connectivity index (χ3n) is 3.41. The van der Waals surface area contributed by atoms with Crippen molar-refractivity contribution >= 4 is 29.1 Å². The minimum absolute atomic E-state index is 0.0553. The van der Waals surface area contributed by atoms with E-state index in [1.807, 2.05) is 25.1 Å². The van der Waals surface area contributed by atoms with Crippen molar-refractivity contribution in [2.45, 2.75) is 32.7 Å². The first-order valence-corrected chi connectivity index (χ1v) is 8.25. The Morgan fingerprint density at radius 3 is 2.71 bits per heavy atom. The quantitative estimate of drug-likeness (QED) is 0.801. The molecule has 0 aliphatic carbocycles. The summed E-state index contributed by atoms with van der Waals surface area (Å²) in [7, 11) is 0. The highest BCUT2D eigenvalue weighted by atomic mass is 35.5. The van der Waals surface area contributed by atoms with Gasteiger partial charge < -0.3 is 10.6 Å². The van der Waals surface area contributed by atoms with Crippen molar-refractivity contribution in [2.24, 2.45) is 0 Å². The molecule has 126 valence electrons. The molecule has 2 aromatic rings. The predicted molar refractivity (Wildman–Crippen MR) is 95.0 cm³/mol. The number of anilines is 1. The lowest BCUT2D eigenvalue weighted by Gasteiger charge is -2.09. The van der Waals surface area contributed by atoms with Crippen molar-refractivity contribution in [3.05, 3.63) is 58.9 Å². The Kier molecular flexibility index (Phi) is 6.75. The first kappa shape index (κ1) is 17.9. The minimum Gasteiger partial charge on any atom is -0.346 e. The highest BCUT2D eigenvalue weighted by Crippen LogP contribution is 2.21. The summed E-state index contributed by atoms with van der Waals surface area (Å²) in [5, 5.41) is 5.84. The molecule has 1 aromatic carbocycles. The number of amides is 2. The first-order valence-electron chi connectivity index (χ1n) is 7.87. The molecule has 0 aliphatic heterocycles. The number of halogens is 1. The standard InChI is InChI=1S/C18H20ClN3O2/c1-2-3-7-17(23)22-13-8-9-15(16(19)11-13)18(24)21-12-14-6-4-5-10-20-14/h4-6,8-11H,2-3,7,12H2,1H3,(H,21,24)(H,22,23). The summed E-state index contributed by atoms with van der Waals surface area (Å²) in [5.41, 5.74) is 1.71. The lowest BCUT2D eigenvalue weighted by atomic mass is 10.1. The van der Waals surface area contributed by atoms with Gasteiger partial charge in [0.25, 0.3) is 5.91 Å². The molecule has 0 aliphatic rings. The number of hydrogen-bond acceptors (Lipinski definition) is 3. The van der Waals surface area contributed by atoms with E-state index in [1.165, 1.54) is 0 Å². The van der Waals surface area contributed by atoms with Gasteiger partial charge in [-0.15, -0.1) is 0 Å². The van der Waals surface area contributed by atoms with Crippen molar-refractivity contribution in [1.82, 2.24) is 10.3 Å². The van der Waals surface area contributed by atoms with E-state index >= 15 is 0 Å². The van der Waals surface area contributed by atoms with Crippen LogP contribution in [0.15, 0.2) is 42.6 Å². The van der Waals surface area contributed by atoms with Gasteiger partial charge in [-0.1, -0.05) is 31.0 Å². The zero-order valence-electron chi connectivity index (χ0n) is 13.5. The molecular weight excluding hydrogens is 326 g/mol. The van der Waals surface area contributed by atoms with Crippen LogP contribution in [0.2, 0.25) is 5.02 Å². The third-order valence-corrected chi connectivity index (χ3v) is 3.72. The van der Waals surface area contributed by atoms with Gasteiger partial charge in [0.15, 0.2) is 0 Å². The van der Waals surface area contributed by atoms with Crippen molar-refractivity contribution in [3.8, 4) is 0 Å². The Labute approximate surface area is 146 Å². The number of carbonyl (C=O) groups excluding carboxylic acids is 2. The number of nitrogens with zero attached hydrogens (tertiary/aromatic N) is 1. The largest absolute Gasteiger partial charge is 0.346 e. The molecule has 6 heteroatoms. The number of nitrogens with one attached hydrogen (secondary N) is 2. The summed E-state index contributed by atoms with van der Waals surface area (Å²) >= 11 is 6.17. The average Bonchev–Trinajstić information content (AvgIpc) is 2.59. The molecule has 0 bridgehead atoms. The molecule has 0 fully saturated rings. The van der Waals surface area contributed by atoms with E-state index in [9.17, 15) is 9.59 Å². The smallest absolute Gasteiger partial charge is 0.253 e. The molecule has 1 heterocycles. The van der Waals surface area contributed by atoms with Crippen LogP contribution in [-0.4, -0.2) is 16.8 Å². The van der Waals surface area contributed by atoms with Crippen molar-refractivity contribution < 1.29 is 9.59 Å². The van der Waals surface area contributed by atoms with E-state index in [1.54, 1.807) is 24.4 Å². The molecule has 24 heavy (non-hydrogen) atoms. The Morgan fingerprint density at radius 2 is 2.04 bits per heavy atom. The van der Waals surface area contributed by atoms with E-state index in [0.717, 1.165) is 18.5 Å². The molecule has 2 N–H and O–H groups in total. The zero-order chi connectivity index (χ0) is 17.4. The number of hydrogen-bond donors (Lipinski definition) is 2. The van der Waals surface area contributed by atoms with Crippen molar-refractivity contribution in [2.75, 3.05) is 5.32 Å². The topological polar surface area (TPSA) is 71.1 Å². The molecule has 0 atom stereocenters. The second kappa shape index (κ2) is 9.03. The van der Waals surface area contributed by atoms with E-state index in [4.69, 9.17) is 11.6 Å². The van der Waals surface area contributed by atoms with Gasteiger partial charge >= 0.3 is 0 Å². The average molecular weight is 346 g/mol. The van der Waals surface area contributed by atoms with Gasteiger partial charge in [-0.3, -0.25) is 14.6 Å². The van der Waals surface area contributed by atoms with Crippen LogP contribution in [0.5, 0.6) is 0 Å². The van der Waals surface area contributed by atoms with Gasteiger partial charge in [-0.2, -0.15) is 0 Å². The van der Waals surface area contributed by atoms with Gasteiger partial charge in [0.1, 0.15) is 0 Å². The van der Waals surface area contributed by atoms with Crippen LogP contribution in [0.3, 0.4) is 0 Å².